The third kappa shape index (κ3) is 2.84. The van der Waals surface area contributed by atoms with Crippen molar-refractivity contribution in [1.29, 1.82) is 0 Å². The average Bonchev–Trinajstić information content (AvgIpc) is 2.82. The zero-order valence-electron chi connectivity index (χ0n) is 13.9. The number of piperidine rings is 1. The van der Waals surface area contributed by atoms with Crippen LogP contribution in [0.5, 0.6) is 0 Å². The molecule has 0 bridgehead atoms. The number of rotatable bonds is 4. The normalized spacial score (nSPS) is 36.2. The molecular formula is C15H25NO7. The molecular weight excluding hydrogens is 306 g/mol. The van der Waals surface area contributed by atoms with Gasteiger partial charge in [0, 0.05) is 18.4 Å². The Labute approximate surface area is 134 Å². The van der Waals surface area contributed by atoms with E-state index in [1.807, 2.05) is 13.8 Å². The summed E-state index contributed by atoms with van der Waals surface area (Å²) < 4.78 is 11.3. The van der Waals surface area contributed by atoms with Crippen LogP contribution in [0.25, 0.3) is 0 Å². The number of carbonyl (C=O) groups is 2. The summed E-state index contributed by atoms with van der Waals surface area (Å²) in [5, 5.41) is 30.4. The van der Waals surface area contributed by atoms with Gasteiger partial charge in [0.15, 0.2) is 18.0 Å². The van der Waals surface area contributed by atoms with Gasteiger partial charge in [-0.3, -0.25) is 0 Å². The molecule has 0 aromatic heterocycles. The van der Waals surface area contributed by atoms with Gasteiger partial charge in [-0.25, -0.2) is 9.59 Å². The van der Waals surface area contributed by atoms with E-state index in [1.165, 1.54) is 5.06 Å². The smallest absolute Gasteiger partial charge is 0.336 e. The Morgan fingerprint density at radius 2 is 1.48 bits per heavy atom. The fourth-order valence-corrected chi connectivity index (χ4v) is 3.95. The predicted octanol–water partition coefficient (Wildman–Crippen LogP) is 1.46. The lowest BCUT2D eigenvalue weighted by molar-refractivity contribution is -0.328. The lowest BCUT2D eigenvalue weighted by Gasteiger charge is -2.56. The number of carboxylic acid groups (broad SMARTS) is 2. The van der Waals surface area contributed by atoms with E-state index in [0.717, 1.165) is 0 Å². The highest BCUT2D eigenvalue weighted by atomic mass is 16.8. The second kappa shape index (κ2) is 5.70. The van der Waals surface area contributed by atoms with Crippen LogP contribution in [-0.4, -0.2) is 61.5 Å². The van der Waals surface area contributed by atoms with Gasteiger partial charge in [0.1, 0.15) is 0 Å². The minimum Gasteiger partial charge on any atom is -0.479 e. The second-order valence-electron chi connectivity index (χ2n) is 7.07. The molecule has 0 aliphatic carbocycles. The van der Waals surface area contributed by atoms with E-state index in [2.05, 4.69) is 0 Å². The van der Waals surface area contributed by atoms with E-state index in [1.54, 1.807) is 13.8 Å². The molecule has 0 aromatic carbocycles. The molecule has 2 fully saturated rings. The summed E-state index contributed by atoms with van der Waals surface area (Å²) in [4.78, 5) is 22.7. The third-order valence-corrected chi connectivity index (χ3v) is 5.08. The van der Waals surface area contributed by atoms with Gasteiger partial charge in [-0.2, -0.15) is 5.06 Å². The first-order valence-electron chi connectivity index (χ1n) is 7.83. The van der Waals surface area contributed by atoms with Gasteiger partial charge in [-0.1, -0.05) is 13.8 Å². The molecule has 3 N–H and O–H groups in total. The first-order valence-corrected chi connectivity index (χ1v) is 7.83. The van der Waals surface area contributed by atoms with Gasteiger partial charge in [0.05, 0.1) is 5.54 Å². The molecule has 2 aliphatic heterocycles. The number of hydrogen-bond donors (Lipinski definition) is 3. The number of ether oxygens (including phenoxy) is 2. The van der Waals surface area contributed by atoms with Crippen molar-refractivity contribution in [1.82, 2.24) is 5.06 Å². The highest BCUT2D eigenvalue weighted by Crippen LogP contribution is 2.51. The Balaban J connectivity index is 2.42. The van der Waals surface area contributed by atoms with E-state index < -0.39 is 41.0 Å². The fourth-order valence-electron chi connectivity index (χ4n) is 3.95. The van der Waals surface area contributed by atoms with Crippen molar-refractivity contribution in [2.24, 2.45) is 0 Å². The van der Waals surface area contributed by atoms with E-state index in [4.69, 9.17) is 9.47 Å². The lowest BCUT2D eigenvalue weighted by Crippen LogP contribution is -2.66. The van der Waals surface area contributed by atoms with Gasteiger partial charge in [-0.05, 0) is 26.7 Å². The molecule has 2 atom stereocenters. The van der Waals surface area contributed by atoms with Crippen LogP contribution in [0.2, 0.25) is 0 Å². The molecule has 2 aliphatic rings. The van der Waals surface area contributed by atoms with Crippen molar-refractivity contribution >= 4 is 11.9 Å². The van der Waals surface area contributed by atoms with Crippen molar-refractivity contribution in [3.05, 3.63) is 0 Å². The summed E-state index contributed by atoms with van der Waals surface area (Å²) in [6.07, 6.45) is -1.55. The van der Waals surface area contributed by atoms with E-state index in [-0.39, 0.29) is 12.8 Å². The molecule has 2 heterocycles. The van der Waals surface area contributed by atoms with Crippen molar-refractivity contribution in [3.8, 4) is 0 Å². The van der Waals surface area contributed by atoms with Crippen LogP contribution in [0.3, 0.4) is 0 Å². The first-order chi connectivity index (χ1) is 10.5. The summed E-state index contributed by atoms with van der Waals surface area (Å²) in [7, 11) is 0. The molecule has 132 valence electrons. The van der Waals surface area contributed by atoms with Gasteiger partial charge in [0.25, 0.3) is 0 Å². The minimum atomic E-state index is -1.56. The summed E-state index contributed by atoms with van der Waals surface area (Å²) in [5.41, 5.74) is -1.42. The molecule has 23 heavy (non-hydrogen) atoms. The van der Waals surface area contributed by atoms with Gasteiger partial charge in [0.2, 0.25) is 0 Å². The molecule has 2 rings (SSSR count). The maximum absolute atomic E-state index is 11.3. The lowest BCUT2D eigenvalue weighted by atomic mass is 9.73. The van der Waals surface area contributed by atoms with Crippen LogP contribution in [0.1, 0.15) is 53.4 Å². The van der Waals surface area contributed by atoms with Gasteiger partial charge in [-0.15, -0.1) is 0 Å². The van der Waals surface area contributed by atoms with Crippen molar-refractivity contribution in [2.75, 3.05) is 0 Å². The molecule has 2 saturated heterocycles. The Hall–Kier alpha value is -1.22. The average molecular weight is 331 g/mol. The van der Waals surface area contributed by atoms with E-state index in [9.17, 15) is 25.0 Å². The summed E-state index contributed by atoms with van der Waals surface area (Å²) in [5.74, 6) is -4.06. The zero-order chi connectivity index (χ0) is 17.6. The Bertz CT molecular complexity index is 478. The second-order valence-corrected chi connectivity index (χ2v) is 7.07. The summed E-state index contributed by atoms with van der Waals surface area (Å²) >= 11 is 0. The van der Waals surface area contributed by atoms with Crippen LogP contribution in [0.15, 0.2) is 0 Å². The number of aliphatic carboxylic acids is 2. The molecule has 8 nitrogen and oxygen atoms in total. The quantitative estimate of drug-likeness (QED) is 0.709. The summed E-state index contributed by atoms with van der Waals surface area (Å²) in [6.45, 7) is 7.43. The zero-order valence-corrected chi connectivity index (χ0v) is 13.9. The van der Waals surface area contributed by atoms with Crippen LogP contribution in [-0.2, 0) is 19.1 Å². The topological polar surface area (TPSA) is 117 Å². The number of hydroxylamine groups is 2. The number of hydrogen-bond acceptors (Lipinski definition) is 6. The standard InChI is InChI=1S/C15H25NO7/c1-5-14(6-2)8-15(7-13(3,4)16(14)21)22-9(11(17)18)10(23-15)12(19)20/h9-10,21H,5-8H2,1-4H3,(H,17,18)(H,19,20). The van der Waals surface area contributed by atoms with Crippen LogP contribution >= 0.6 is 0 Å². The highest BCUT2D eigenvalue weighted by Gasteiger charge is 2.63. The fraction of sp³-hybridized carbons (Fsp3) is 0.867. The molecule has 0 aromatic rings. The largest absolute Gasteiger partial charge is 0.479 e. The van der Waals surface area contributed by atoms with E-state index in [0.29, 0.717) is 12.8 Å². The minimum absolute atomic E-state index is 0.172. The molecule has 8 heteroatoms. The maximum atomic E-state index is 11.3. The van der Waals surface area contributed by atoms with Crippen LogP contribution in [0.4, 0.5) is 0 Å². The summed E-state index contributed by atoms with van der Waals surface area (Å²) in [6, 6.07) is 0. The molecule has 1 spiro atoms. The van der Waals surface area contributed by atoms with Crippen molar-refractivity contribution < 1.29 is 34.5 Å². The van der Waals surface area contributed by atoms with Gasteiger partial charge < -0.3 is 24.9 Å². The SMILES string of the molecule is CCC1(CC)CC2(CC(C)(C)N1O)OC(C(=O)O)C(C(=O)O)O2. The van der Waals surface area contributed by atoms with Crippen molar-refractivity contribution in [3.63, 3.8) is 0 Å². The molecule has 2 unspecified atom stereocenters. The number of carboxylic acids is 2. The maximum Gasteiger partial charge on any atom is 0.336 e. The molecule has 0 amide bonds. The Morgan fingerprint density at radius 1 is 1.04 bits per heavy atom. The van der Waals surface area contributed by atoms with E-state index >= 15 is 0 Å². The van der Waals surface area contributed by atoms with Crippen LogP contribution in [0, 0.1) is 0 Å². The highest BCUT2D eigenvalue weighted by molar-refractivity contribution is 5.84. The van der Waals surface area contributed by atoms with Crippen molar-refractivity contribution in [2.45, 2.75) is 82.5 Å². The first kappa shape index (κ1) is 18.1. The molecule has 0 saturated carbocycles. The Kier molecular flexibility index (Phi) is 4.49. The Morgan fingerprint density at radius 3 is 1.83 bits per heavy atom. The predicted molar refractivity (Wildman–Crippen MR) is 78.0 cm³/mol. The third-order valence-electron chi connectivity index (χ3n) is 5.08. The van der Waals surface area contributed by atoms with Gasteiger partial charge >= 0.3 is 11.9 Å². The van der Waals surface area contributed by atoms with Crippen LogP contribution < -0.4 is 0 Å². The monoisotopic (exact) mass is 331 g/mol. The molecule has 0 radical (unpaired) electrons. The number of nitrogens with zero attached hydrogens (tertiary/aromatic N) is 1.